The third kappa shape index (κ3) is 4.33. The van der Waals surface area contributed by atoms with Crippen LogP contribution >= 0.6 is 22.6 Å². The minimum Gasteiger partial charge on any atom is -0.480 e. The molecule has 5 nitrogen and oxygen atoms in total. The Bertz CT molecular complexity index is 943. The van der Waals surface area contributed by atoms with Crippen molar-refractivity contribution in [1.82, 2.24) is 10.3 Å². The predicted octanol–water partition coefficient (Wildman–Crippen LogP) is 3.27. The largest absolute Gasteiger partial charge is 0.480 e. The standard InChI is InChI=1S/C19H15IN2O3/c20-15-6-3-4-12(8-15)9-17(19(24)25)22-18(23)14-10-13-5-1-2-7-16(13)21-11-14/h1-8,10-11,17H,9H2,(H,22,23)(H,24,25)/t17-/m0/s1. The SMILES string of the molecule is O=C(N[C@@H](Cc1cccc(I)c1)C(=O)O)c1cnc2ccccc2c1. The number of para-hydroxylation sites is 1. The molecule has 1 heterocycles. The summed E-state index contributed by atoms with van der Waals surface area (Å²) in [7, 11) is 0. The number of carboxylic acid groups (broad SMARTS) is 1. The van der Waals surface area contributed by atoms with Gasteiger partial charge in [0, 0.05) is 21.6 Å². The first-order valence-corrected chi connectivity index (χ1v) is 8.74. The van der Waals surface area contributed by atoms with Gasteiger partial charge in [-0.2, -0.15) is 0 Å². The molecule has 25 heavy (non-hydrogen) atoms. The van der Waals surface area contributed by atoms with Crippen molar-refractivity contribution in [2.24, 2.45) is 0 Å². The lowest BCUT2D eigenvalue weighted by molar-refractivity contribution is -0.139. The highest BCUT2D eigenvalue weighted by Gasteiger charge is 2.21. The van der Waals surface area contributed by atoms with Crippen molar-refractivity contribution >= 4 is 45.4 Å². The van der Waals surface area contributed by atoms with Gasteiger partial charge in [-0.1, -0.05) is 30.3 Å². The van der Waals surface area contributed by atoms with Crippen molar-refractivity contribution < 1.29 is 14.7 Å². The Labute approximate surface area is 158 Å². The van der Waals surface area contributed by atoms with Crippen LogP contribution in [0.1, 0.15) is 15.9 Å². The van der Waals surface area contributed by atoms with E-state index in [2.05, 4.69) is 32.9 Å². The average Bonchev–Trinajstić information content (AvgIpc) is 2.60. The quantitative estimate of drug-likeness (QED) is 0.590. The number of hydrogen-bond donors (Lipinski definition) is 2. The molecule has 0 aliphatic carbocycles. The summed E-state index contributed by atoms with van der Waals surface area (Å²) in [5.74, 6) is -1.52. The van der Waals surface area contributed by atoms with Crippen molar-refractivity contribution in [3.8, 4) is 0 Å². The smallest absolute Gasteiger partial charge is 0.326 e. The minimum absolute atomic E-state index is 0.221. The Balaban J connectivity index is 1.78. The second kappa shape index (κ2) is 7.60. The van der Waals surface area contributed by atoms with E-state index in [4.69, 9.17) is 0 Å². The minimum atomic E-state index is -1.07. The highest BCUT2D eigenvalue weighted by atomic mass is 127. The molecule has 2 N–H and O–H groups in total. The van der Waals surface area contributed by atoms with E-state index in [0.717, 1.165) is 20.0 Å². The van der Waals surface area contributed by atoms with Crippen LogP contribution in [0, 0.1) is 3.57 Å². The van der Waals surface area contributed by atoms with Gasteiger partial charge in [0.1, 0.15) is 6.04 Å². The number of fused-ring (bicyclic) bond motifs is 1. The topological polar surface area (TPSA) is 79.3 Å². The number of hydrogen-bond acceptors (Lipinski definition) is 3. The number of carboxylic acids is 1. The number of amides is 1. The van der Waals surface area contributed by atoms with E-state index < -0.39 is 17.9 Å². The highest BCUT2D eigenvalue weighted by molar-refractivity contribution is 14.1. The molecule has 1 aromatic heterocycles. The molecule has 126 valence electrons. The fraction of sp³-hybridized carbons (Fsp3) is 0.105. The van der Waals surface area contributed by atoms with Crippen LogP contribution in [-0.2, 0) is 11.2 Å². The molecular weight excluding hydrogens is 431 g/mol. The Morgan fingerprint density at radius 3 is 2.68 bits per heavy atom. The molecule has 0 bridgehead atoms. The van der Waals surface area contributed by atoms with Gasteiger partial charge in [0.2, 0.25) is 0 Å². The molecule has 0 saturated carbocycles. The fourth-order valence-corrected chi connectivity index (χ4v) is 3.14. The zero-order chi connectivity index (χ0) is 17.8. The molecule has 3 rings (SSSR count). The summed E-state index contributed by atoms with van der Waals surface area (Å²) in [5, 5.41) is 12.9. The number of nitrogens with zero attached hydrogens (tertiary/aromatic N) is 1. The average molecular weight is 446 g/mol. The maximum atomic E-state index is 12.4. The van der Waals surface area contributed by atoms with Gasteiger partial charge in [0.25, 0.3) is 5.91 Å². The summed E-state index contributed by atoms with van der Waals surface area (Å²) in [4.78, 5) is 28.2. The lowest BCUT2D eigenvalue weighted by Gasteiger charge is -2.15. The highest BCUT2D eigenvalue weighted by Crippen LogP contribution is 2.14. The van der Waals surface area contributed by atoms with Gasteiger partial charge in [0.05, 0.1) is 11.1 Å². The lowest BCUT2D eigenvalue weighted by Crippen LogP contribution is -2.42. The van der Waals surface area contributed by atoms with Crippen molar-refractivity contribution in [2.75, 3.05) is 0 Å². The van der Waals surface area contributed by atoms with Gasteiger partial charge >= 0.3 is 5.97 Å². The third-order valence-electron chi connectivity index (χ3n) is 3.78. The maximum Gasteiger partial charge on any atom is 0.326 e. The van der Waals surface area contributed by atoms with Crippen LogP contribution in [0.2, 0.25) is 0 Å². The van der Waals surface area contributed by atoms with Gasteiger partial charge in [0.15, 0.2) is 0 Å². The van der Waals surface area contributed by atoms with Gasteiger partial charge < -0.3 is 10.4 Å². The molecule has 0 saturated heterocycles. The van der Waals surface area contributed by atoms with E-state index in [0.29, 0.717) is 5.56 Å². The number of pyridine rings is 1. The molecule has 0 aliphatic rings. The molecule has 0 fully saturated rings. The van der Waals surface area contributed by atoms with Crippen molar-refractivity contribution in [1.29, 1.82) is 0 Å². The Morgan fingerprint density at radius 2 is 1.92 bits per heavy atom. The molecular formula is C19H15IN2O3. The summed E-state index contributed by atoms with van der Waals surface area (Å²) < 4.78 is 1.02. The molecule has 0 unspecified atom stereocenters. The van der Waals surface area contributed by atoms with E-state index in [9.17, 15) is 14.7 Å². The second-order valence-electron chi connectivity index (χ2n) is 5.62. The lowest BCUT2D eigenvalue weighted by atomic mass is 10.1. The zero-order valence-corrected chi connectivity index (χ0v) is 15.3. The zero-order valence-electron chi connectivity index (χ0n) is 13.1. The van der Waals surface area contributed by atoms with Crippen LogP contribution < -0.4 is 5.32 Å². The van der Waals surface area contributed by atoms with E-state index in [1.165, 1.54) is 6.20 Å². The first-order valence-electron chi connectivity index (χ1n) is 7.66. The van der Waals surface area contributed by atoms with Gasteiger partial charge in [-0.05, 0) is 52.4 Å². The van der Waals surface area contributed by atoms with Crippen LogP contribution in [0.3, 0.4) is 0 Å². The summed E-state index contributed by atoms with van der Waals surface area (Å²) in [6.07, 6.45) is 1.68. The van der Waals surface area contributed by atoms with Crippen LogP contribution in [0.5, 0.6) is 0 Å². The molecule has 1 atom stereocenters. The molecule has 3 aromatic rings. The molecule has 0 aliphatic heterocycles. The fourth-order valence-electron chi connectivity index (χ4n) is 2.54. The van der Waals surface area contributed by atoms with Crippen molar-refractivity contribution in [3.05, 3.63) is 75.5 Å². The number of halogens is 1. The number of aromatic nitrogens is 1. The monoisotopic (exact) mass is 446 g/mol. The number of nitrogens with one attached hydrogen (secondary N) is 1. The maximum absolute atomic E-state index is 12.4. The molecule has 2 aromatic carbocycles. The van der Waals surface area contributed by atoms with E-state index >= 15 is 0 Å². The Morgan fingerprint density at radius 1 is 1.12 bits per heavy atom. The Hall–Kier alpha value is -2.48. The molecule has 1 amide bonds. The van der Waals surface area contributed by atoms with E-state index in [1.807, 2.05) is 48.5 Å². The van der Waals surface area contributed by atoms with Crippen molar-refractivity contribution in [3.63, 3.8) is 0 Å². The summed E-state index contributed by atoms with van der Waals surface area (Å²) >= 11 is 2.17. The number of rotatable bonds is 5. The van der Waals surface area contributed by atoms with Gasteiger partial charge in [-0.25, -0.2) is 4.79 Å². The number of aliphatic carboxylic acids is 1. The molecule has 0 radical (unpaired) electrons. The van der Waals surface area contributed by atoms with Gasteiger partial charge in [-0.15, -0.1) is 0 Å². The van der Waals surface area contributed by atoms with Crippen LogP contribution in [0.15, 0.2) is 60.8 Å². The number of carbonyl (C=O) groups excluding carboxylic acids is 1. The Kier molecular flexibility index (Phi) is 5.28. The third-order valence-corrected chi connectivity index (χ3v) is 4.46. The van der Waals surface area contributed by atoms with Crippen LogP contribution in [-0.4, -0.2) is 28.0 Å². The van der Waals surface area contributed by atoms with Gasteiger partial charge in [-0.3, -0.25) is 9.78 Å². The summed E-state index contributed by atoms with van der Waals surface area (Å²) in [6, 6.07) is 15.7. The summed E-state index contributed by atoms with van der Waals surface area (Å²) in [5.41, 5.74) is 1.98. The van der Waals surface area contributed by atoms with Crippen molar-refractivity contribution in [2.45, 2.75) is 12.5 Å². The molecule has 0 spiro atoms. The summed E-state index contributed by atoms with van der Waals surface area (Å²) in [6.45, 7) is 0. The molecule has 6 heteroatoms. The predicted molar refractivity (Wildman–Crippen MR) is 103 cm³/mol. The number of benzene rings is 2. The first kappa shape index (κ1) is 17.3. The second-order valence-corrected chi connectivity index (χ2v) is 6.86. The van der Waals surface area contributed by atoms with E-state index in [1.54, 1.807) is 6.07 Å². The normalized spacial score (nSPS) is 11.9. The van der Waals surface area contributed by atoms with E-state index in [-0.39, 0.29) is 6.42 Å². The first-order chi connectivity index (χ1) is 12.0. The number of carbonyl (C=O) groups is 2. The van der Waals surface area contributed by atoms with Crippen LogP contribution in [0.4, 0.5) is 0 Å². The van der Waals surface area contributed by atoms with Crippen LogP contribution in [0.25, 0.3) is 10.9 Å².